The molecule has 21 heavy (non-hydrogen) atoms. The Morgan fingerprint density at radius 3 is 2.38 bits per heavy atom. The molecule has 0 amide bonds. The van der Waals surface area contributed by atoms with Gasteiger partial charge in [0, 0.05) is 12.6 Å². The van der Waals surface area contributed by atoms with Crippen molar-refractivity contribution in [2.75, 3.05) is 26.4 Å². The predicted octanol–water partition coefficient (Wildman–Crippen LogP) is -0.0408. The number of hydrogen-bond acceptors (Lipinski definition) is 7. The van der Waals surface area contributed by atoms with Crippen molar-refractivity contribution in [3.8, 4) is 11.5 Å². The summed E-state index contributed by atoms with van der Waals surface area (Å²) < 4.78 is 5.02. The number of aliphatic hydroxyl groups excluding tert-OH is 1. The molecule has 0 atom stereocenters. The molecule has 1 aromatic rings. The number of phenolic OH excluding ortho intramolecular Hbond substituents is 2. The van der Waals surface area contributed by atoms with Crippen LogP contribution in [0.3, 0.4) is 0 Å². The molecule has 112 valence electrons. The Kier molecular flexibility index (Phi) is 4.56. The number of benzene rings is 1. The minimum absolute atomic E-state index is 0.0287. The Bertz CT molecular complexity index is 608. The van der Waals surface area contributed by atoms with Gasteiger partial charge in [-0.05, 0) is 12.1 Å². The van der Waals surface area contributed by atoms with Crippen molar-refractivity contribution >= 4 is 11.6 Å². The summed E-state index contributed by atoms with van der Waals surface area (Å²) in [6, 6.07) is 2.32. The fraction of sp³-hybridized carbons (Fsp3) is 0.286. The van der Waals surface area contributed by atoms with Crippen molar-refractivity contribution in [2.24, 2.45) is 0 Å². The Labute approximate surface area is 120 Å². The third-order valence-electron chi connectivity index (χ3n) is 2.95. The number of nitrogens with one attached hydrogen (secondary N) is 1. The summed E-state index contributed by atoms with van der Waals surface area (Å²) in [5.74, 6) is -1.83. The average Bonchev–Trinajstić information content (AvgIpc) is 2.46. The van der Waals surface area contributed by atoms with Crippen LogP contribution in [0, 0.1) is 0 Å². The molecule has 2 rings (SSSR count). The number of aliphatic hydroxyl groups is 1. The number of aromatic hydroxyl groups is 2. The standard InChI is InChI=1S/C14H15NO6/c16-4-6-21-5-3-15-8-7-11(19)12-9(17)1-2-10(18)13(12)14(8)20/h1-2,7,15-18H,3-6H2. The number of carbonyl (C=O) groups is 2. The Balaban J connectivity index is 2.15. The third kappa shape index (κ3) is 3.04. The number of Topliss-reactive ketones (excluding diaryl/α,β-unsaturated/α-hetero) is 1. The summed E-state index contributed by atoms with van der Waals surface area (Å²) >= 11 is 0. The minimum Gasteiger partial charge on any atom is -0.507 e. The van der Waals surface area contributed by atoms with Crippen molar-refractivity contribution in [3.05, 3.63) is 35.0 Å². The molecule has 7 heteroatoms. The van der Waals surface area contributed by atoms with E-state index in [0.29, 0.717) is 0 Å². The molecule has 1 aliphatic rings. The molecule has 0 radical (unpaired) electrons. The van der Waals surface area contributed by atoms with E-state index in [4.69, 9.17) is 9.84 Å². The highest BCUT2D eigenvalue weighted by Crippen LogP contribution is 2.33. The predicted molar refractivity (Wildman–Crippen MR) is 72.4 cm³/mol. The van der Waals surface area contributed by atoms with Gasteiger partial charge in [0.05, 0.1) is 36.6 Å². The first-order chi connectivity index (χ1) is 10.1. The van der Waals surface area contributed by atoms with Gasteiger partial charge >= 0.3 is 0 Å². The highest BCUT2D eigenvalue weighted by atomic mass is 16.5. The van der Waals surface area contributed by atoms with Gasteiger partial charge in [0.15, 0.2) is 5.78 Å². The van der Waals surface area contributed by atoms with Crippen LogP contribution in [0.25, 0.3) is 0 Å². The maximum atomic E-state index is 12.2. The number of ketones is 2. The Morgan fingerprint density at radius 1 is 1.05 bits per heavy atom. The van der Waals surface area contributed by atoms with Crippen LogP contribution in [0.15, 0.2) is 23.9 Å². The zero-order valence-electron chi connectivity index (χ0n) is 11.1. The first-order valence-corrected chi connectivity index (χ1v) is 6.34. The molecule has 0 spiro atoms. The second-order valence-electron chi connectivity index (χ2n) is 4.37. The van der Waals surface area contributed by atoms with E-state index in [1.807, 2.05) is 0 Å². The molecule has 0 unspecified atom stereocenters. The van der Waals surface area contributed by atoms with Gasteiger partial charge in [0.1, 0.15) is 11.5 Å². The van der Waals surface area contributed by atoms with Gasteiger partial charge in [0.2, 0.25) is 5.78 Å². The van der Waals surface area contributed by atoms with Gasteiger partial charge in [-0.3, -0.25) is 9.59 Å². The molecule has 0 heterocycles. The second-order valence-corrected chi connectivity index (χ2v) is 4.37. The van der Waals surface area contributed by atoms with Crippen LogP contribution in [0.1, 0.15) is 20.7 Å². The van der Waals surface area contributed by atoms with Crippen molar-refractivity contribution in [1.82, 2.24) is 5.32 Å². The molecular formula is C14H15NO6. The molecule has 1 aliphatic carbocycles. The molecule has 7 nitrogen and oxygen atoms in total. The van der Waals surface area contributed by atoms with Crippen molar-refractivity contribution < 1.29 is 29.6 Å². The average molecular weight is 293 g/mol. The number of ether oxygens (including phenoxy) is 1. The van der Waals surface area contributed by atoms with Gasteiger partial charge in [-0.15, -0.1) is 0 Å². The first kappa shape index (κ1) is 15.0. The zero-order valence-corrected chi connectivity index (χ0v) is 11.1. The normalized spacial score (nSPS) is 13.9. The molecule has 0 saturated carbocycles. The van der Waals surface area contributed by atoms with Crippen LogP contribution in [0.2, 0.25) is 0 Å². The lowest BCUT2D eigenvalue weighted by Crippen LogP contribution is -2.29. The SMILES string of the molecule is O=C1C=C(NCCOCCO)C(=O)c2c(O)ccc(O)c21. The quantitative estimate of drug-likeness (QED) is 0.429. The van der Waals surface area contributed by atoms with Gasteiger partial charge in [-0.1, -0.05) is 0 Å². The molecule has 0 aliphatic heterocycles. The first-order valence-electron chi connectivity index (χ1n) is 6.34. The fourth-order valence-corrected chi connectivity index (χ4v) is 2.02. The molecule has 0 aromatic heterocycles. The topological polar surface area (TPSA) is 116 Å². The van der Waals surface area contributed by atoms with E-state index >= 15 is 0 Å². The largest absolute Gasteiger partial charge is 0.507 e. The maximum Gasteiger partial charge on any atom is 0.213 e. The number of fused-ring (bicyclic) bond motifs is 1. The Hall–Kier alpha value is -2.38. The highest BCUT2D eigenvalue weighted by Gasteiger charge is 2.30. The van der Waals surface area contributed by atoms with E-state index in [0.717, 1.165) is 18.2 Å². The van der Waals surface area contributed by atoms with Crippen LogP contribution in [-0.2, 0) is 4.74 Å². The third-order valence-corrected chi connectivity index (χ3v) is 2.95. The molecule has 0 bridgehead atoms. The number of carbonyl (C=O) groups excluding carboxylic acids is 2. The fourth-order valence-electron chi connectivity index (χ4n) is 2.02. The maximum absolute atomic E-state index is 12.2. The second kappa shape index (κ2) is 6.38. The number of phenols is 2. The monoisotopic (exact) mass is 293 g/mol. The lowest BCUT2D eigenvalue weighted by molar-refractivity contribution is 0.0919. The van der Waals surface area contributed by atoms with Gasteiger partial charge in [-0.25, -0.2) is 0 Å². The van der Waals surface area contributed by atoms with Gasteiger partial charge in [0.25, 0.3) is 0 Å². The Morgan fingerprint density at radius 2 is 1.71 bits per heavy atom. The van der Waals surface area contributed by atoms with Crippen LogP contribution in [0.4, 0.5) is 0 Å². The van der Waals surface area contributed by atoms with E-state index in [1.165, 1.54) is 0 Å². The number of rotatable bonds is 6. The summed E-state index contributed by atoms with van der Waals surface area (Å²) in [5, 5.41) is 30.7. The molecule has 0 fully saturated rings. The lowest BCUT2D eigenvalue weighted by Gasteiger charge is -2.18. The molecule has 0 saturated heterocycles. The minimum atomic E-state index is -0.569. The van der Waals surface area contributed by atoms with E-state index < -0.39 is 11.6 Å². The zero-order chi connectivity index (χ0) is 15.4. The number of hydrogen-bond donors (Lipinski definition) is 4. The number of allylic oxidation sites excluding steroid dienone is 2. The van der Waals surface area contributed by atoms with E-state index in [2.05, 4.69) is 5.32 Å². The van der Waals surface area contributed by atoms with Crippen LogP contribution < -0.4 is 5.32 Å². The van der Waals surface area contributed by atoms with Crippen molar-refractivity contribution in [2.45, 2.75) is 0 Å². The van der Waals surface area contributed by atoms with Gasteiger partial charge in [-0.2, -0.15) is 0 Å². The molecular weight excluding hydrogens is 278 g/mol. The van der Waals surface area contributed by atoms with Crippen LogP contribution >= 0.6 is 0 Å². The summed E-state index contributed by atoms with van der Waals surface area (Å²) in [7, 11) is 0. The molecule has 1 aromatic carbocycles. The lowest BCUT2D eigenvalue weighted by atomic mass is 9.91. The smallest absolute Gasteiger partial charge is 0.213 e. The summed E-state index contributed by atoms with van der Waals surface area (Å²) in [6.45, 7) is 0.601. The highest BCUT2D eigenvalue weighted by molar-refractivity contribution is 6.26. The van der Waals surface area contributed by atoms with E-state index in [9.17, 15) is 19.8 Å². The van der Waals surface area contributed by atoms with Crippen LogP contribution in [-0.4, -0.2) is 53.3 Å². The summed E-state index contributed by atoms with van der Waals surface area (Å²) in [6.07, 6.45) is 1.08. The van der Waals surface area contributed by atoms with E-state index in [1.54, 1.807) is 0 Å². The summed E-state index contributed by atoms with van der Waals surface area (Å²) in [5.41, 5.74) is -0.371. The van der Waals surface area contributed by atoms with Gasteiger partial charge < -0.3 is 25.4 Å². The van der Waals surface area contributed by atoms with Crippen molar-refractivity contribution in [3.63, 3.8) is 0 Å². The van der Waals surface area contributed by atoms with E-state index in [-0.39, 0.29) is 54.7 Å². The van der Waals surface area contributed by atoms with Crippen LogP contribution in [0.5, 0.6) is 11.5 Å². The summed E-state index contributed by atoms with van der Waals surface area (Å²) in [4.78, 5) is 24.2. The molecule has 4 N–H and O–H groups in total. The van der Waals surface area contributed by atoms with Crippen molar-refractivity contribution in [1.29, 1.82) is 0 Å².